The van der Waals surface area contributed by atoms with Gasteiger partial charge in [0.25, 0.3) is 0 Å². The fraction of sp³-hybridized carbons (Fsp3) is 0.310. The van der Waals surface area contributed by atoms with Gasteiger partial charge in [0.15, 0.2) is 0 Å². The van der Waals surface area contributed by atoms with Crippen LogP contribution in [0.3, 0.4) is 0 Å². The van der Waals surface area contributed by atoms with Crippen LogP contribution in [0.15, 0.2) is 77.3 Å². The number of anilines is 1. The summed E-state index contributed by atoms with van der Waals surface area (Å²) in [6, 6.07) is 20.0. The number of nitrogens with one attached hydrogen (secondary N) is 1. The Bertz CT molecular complexity index is 1440. The molecule has 0 saturated carbocycles. The Morgan fingerprint density at radius 1 is 0.950 bits per heavy atom. The standard InChI is InChI=1S/C29H32BrCl2N3O4S/c1-4-20(2)33-29(37)27(17-21-10-6-5-7-11-21)34(18-22-14-15-24(31)25(32)16-22)28(36)19-35(40(3,38)39)26-13-9-8-12-23(26)30/h5-16,20,27H,4,17-19H2,1-3H3,(H,33,37)/t20-,27+/m0/s1. The van der Waals surface area contributed by atoms with Crippen molar-refractivity contribution in [1.29, 1.82) is 0 Å². The second-order valence-electron chi connectivity index (χ2n) is 9.51. The summed E-state index contributed by atoms with van der Waals surface area (Å²) in [5, 5.41) is 3.66. The maximum atomic E-state index is 14.1. The third kappa shape index (κ3) is 8.70. The topological polar surface area (TPSA) is 86.8 Å². The molecule has 3 aromatic carbocycles. The van der Waals surface area contributed by atoms with Gasteiger partial charge in [-0.15, -0.1) is 0 Å². The summed E-state index contributed by atoms with van der Waals surface area (Å²) in [5.41, 5.74) is 1.81. The van der Waals surface area contributed by atoms with Crippen molar-refractivity contribution in [2.75, 3.05) is 17.1 Å². The predicted octanol–water partition coefficient (Wildman–Crippen LogP) is 6.08. The fourth-order valence-corrected chi connectivity index (χ4v) is 5.88. The van der Waals surface area contributed by atoms with Gasteiger partial charge in [-0.25, -0.2) is 8.42 Å². The molecular formula is C29H32BrCl2N3O4S. The lowest BCUT2D eigenvalue weighted by molar-refractivity contribution is -0.140. The number of para-hydroxylation sites is 1. The monoisotopic (exact) mass is 667 g/mol. The van der Waals surface area contributed by atoms with E-state index >= 15 is 0 Å². The first kappa shape index (κ1) is 31.9. The summed E-state index contributed by atoms with van der Waals surface area (Å²) >= 11 is 15.8. The smallest absolute Gasteiger partial charge is 0.244 e. The van der Waals surface area contributed by atoms with Crippen LogP contribution in [0, 0.1) is 0 Å². The Balaban J connectivity index is 2.09. The van der Waals surface area contributed by atoms with E-state index in [0.29, 0.717) is 32.2 Å². The molecule has 0 aliphatic carbocycles. The van der Waals surface area contributed by atoms with Crippen LogP contribution in [-0.4, -0.2) is 50.0 Å². The van der Waals surface area contributed by atoms with E-state index in [2.05, 4.69) is 21.2 Å². The lowest BCUT2D eigenvalue weighted by Gasteiger charge is -2.34. The number of amides is 2. The second kappa shape index (κ2) is 14.3. The van der Waals surface area contributed by atoms with Crippen molar-refractivity contribution in [3.63, 3.8) is 0 Å². The van der Waals surface area contributed by atoms with Crippen molar-refractivity contribution >= 4 is 66.7 Å². The molecule has 2 amide bonds. The second-order valence-corrected chi connectivity index (χ2v) is 13.1. The molecular weight excluding hydrogens is 637 g/mol. The number of hydrogen-bond donors (Lipinski definition) is 1. The van der Waals surface area contributed by atoms with Crippen LogP contribution >= 0.6 is 39.1 Å². The number of benzene rings is 3. The van der Waals surface area contributed by atoms with Gasteiger partial charge in [-0.1, -0.05) is 78.7 Å². The number of hydrogen-bond acceptors (Lipinski definition) is 4. The highest BCUT2D eigenvalue weighted by atomic mass is 79.9. The summed E-state index contributed by atoms with van der Waals surface area (Å²) in [7, 11) is -3.87. The summed E-state index contributed by atoms with van der Waals surface area (Å²) in [5.74, 6) is -0.883. The molecule has 0 aliphatic rings. The van der Waals surface area contributed by atoms with Gasteiger partial charge in [0.05, 0.1) is 22.0 Å². The Morgan fingerprint density at radius 3 is 2.20 bits per heavy atom. The molecule has 11 heteroatoms. The average Bonchev–Trinajstić information content (AvgIpc) is 2.91. The highest BCUT2D eigenvalue weighted by Crippen LogP contribution is 2.29. The van der Waals surface area contributed by atoms with Crippen molar-refractivity contribution in [2.24, 2.45) is 0 Å². The zero-order valence-corrected chi connectivity index (χ0v) is 26.4. The Labute approximate surface area is 254 Å². The highest BCUT2D eigenvalue weighted by molar-refractivity contribution is 9.10. The zero-order valence-electron chi connectivity index (χ0n) is 22.5. The largest absolute Gasteiger partial charge is 0.352 e. The van der Waals surface area contributed by atoms with Crippen LogP contribution in [0.5, 0.6) is 0 Å². The van der Waals surface area contributed by atoms with Crippen molar-refractivity contribution in [3.8, 4) is 0 Å². The molecule has 3 aromatic rings. The van der Waals surface area contributed by atoms with E-state index in [1.807, 2.05) is 44.2 Å². The summed E-state index contributed by atoms with van der Waals surface area (Å²) < 4.78 is 27.3. The predicted molar refractivity (Wildman–Crippen MR) is 165 cm³/mol. The van der Waals surface area contributed by atoms with Crippen LogP contribution in [0.25, 0.3) is 0 Å². The molecule has 0 aliphatic heterocycles. The summed E-state index contributed by atoms with van der Waals surface area (Å²) in [6.07, 6.45) is 1.97. The number of halogens is 3. The molecule has 214 valence electrons. The normalized spacial score (nSPS) is 12.8. The maximum Gasteiger partial charge on any atom is 0.244 e. The number of rotatable bonds is 12. The van der Waals surface area contributed by atoms with Gasteiger partial charge in [-0.2, -0.15) is 0 Å². The molecule has 2 atom stereocenters. The molecule has 0 heterocycles. The van der Waals surface area contributed by atoms with Crippen LogP contribution in [0.2, 0.25) is 10.0 Å². The van der Waals surface area contributed by atoms with Crippen molar-refractivity contribution in [2.45, 2.75) is 45.3 Å². The third-order valence-electron chi connectivity index (χ3n) is 6.41. The van der Waals surface area contributed by atoms with Crippen LogP contribution in [-0.2, 0) is 32.6 Å². The minimum absolute atomic E-state index is 0.00864. The maximum absolute atomic E-state index is 14.1. The zero-order chi connectivity index (χ0) is 29.4. The van der Waals surface area contributed by atoms with Gasteiger partial charge in [0.2, 0.25) is 21.8 Å². The highest BCUT2D eigenvalue weighted by Gasteiger charge is 2.33. The van der Waals surface area contributed by atoms with Crippen LogP contribution in [0.1, 0.15) is 31.4 Å². The Kier molecular flexibility index (Phi) is 11.5. The Morgan fingerprint density at radius 2 is 1.60 bits per heavy atom. The molecule has 3 rings (SSSR count). The molecule has 0 spiro atoms. The number of carbonyl (C=O) groups is 2. The minimum atomic E-state index is -3.87. The molecule has 0 fully saturated rings. The van der Waals surface area contributed by atoms with Gasteiger partial charge in [-0.3, -0.25) is 13.9 Å². The number of sulfonamides is 1. The minimum Gasteiger partial charge on any atom is -0.352 e. The van der Waals surface area contributed by atoms with Gasteiger partial charge in [0, 0.05) is 23.5 Å². The third-order valence-corrected chi connectivity index (χ3v) is 8.95. The average molecular weight is 669 g/mol. The van der Waals surface area contributed by atoms with E-state index in [1.54, 1.807) is 42.5 Å². The van der Waals surface area contributed by atoms with Crippen LogP contribution < -0.4 is 9.62 Å². The molecule has 0 radical (unpaired) electrons. The lowest BCUT2D eigenvalue weighted by atomic mass is 10.0. The van der Waals surface area contributed by atoms with Crippen LogP contribution in [0.4, 0.5) is 5.69 Å². The van der Waals surface area contributed by atoms with Gasteiger partial charge in [-0.05, 0) is 64.7 Å². The van der Waals surface area contributed by atoms with Gasteiger partial charge in [0.1, 0.15) is 12.6 Å². The molecule has 0 unspecified atom stereocenters. The Hall–Kier alpha value is -2.59. The van der Waals surface area contributed by atoms with E-state index in [-0.39, 0.29) is 24.9 Å². The van der Waals surface area contributed by atoms with Crippen molar-refractivity contribution < 1.29 is 18.0 Å². The molecule has 0 aromatic heterocycles. The molecule has 0 saturated heterocycles. The first-order valence-corrected chi connectivity index (χ1v) is 16.1. The molecule has 0 bridgehead atoms. The molecule has 40 heavy (non-hydrogen) atoms. The molecule has 1 N–H and O–H groups in total. The fourth-order valence-electron chi connectivity index (χ4n) is 4.08. The van der Waals surface area contributed by atoms with E-state index in [1.165, 1.54) is 4.90 Å². The van der Waals surface area contributed by atoms with E-state index in [4.69, 9.17) is 23.2 Å². The van der Waals surface area contributed by atoms with E-state index < -0.39 is 28.5 Å². The first-order chi connectivity index (χ1) is 18.9. The SMILES string of the molecule is CC[C@H](C)NC(=O)[C@@H](Cc1ccccc1)N(Cc1ccc(Cl)c(Cl)c1)C(=O)CN(c1ccccc1Br)S(C)(=O)=O. The first-order valence-electron chi connectivity index (χ1n) is 12.7. The number of carbonyl (C=O) groups excluding carboxylic acids is 2. The van der Waals surface area contributed by atoms with Gasteiger partial charge >= 0.3 is 0 Å². The van der Waals surface area contributed by atoms with Gasteiger partial charge < -0.3 is 10.2 Å². The quantitative estimate of drug-likeness (QED) is 0.254. The van der Waals surface area contributed by atoms with E-state index in [9.17, 15) is 18.0 Å². The number of nitrogens with zero attached hydrogens (tertiary/aromatic N) is 2. The van der Waals surface area contributed by atoms with Crippen molar-refractivity contribution in [3.05, 3.63) is 98.4 Å². The summed E-state index contributed by atoms with van der Waals surface area (Å²) in [4.78, 5) is 29.2. The summed E-state index contributed by atoms with van der Waals surface area (Å²) in [6.45, 7) is 3.35. The molecule has 7 nitrogen and oxygen atoms in total. The lowest BCUT2D eigenvalue weighted by Crippen LogP contribution is -2.54. The van der Waals surface area contributed by atoms with Crippen molar-refractivity contribution in [1.82, 2.24) is 10.2 Å². The van der Waals surface area contributed by atoms with E-state index in [0.717, 1.165) is 16.1 Å².